The van der Waals surface area contributed by atoms with E-state index >= 15 is 0 Å². The van der Waals surface area contributed by atoms with Crippen molar-refractivity contribution < 1.29 is 14.7 Å². The van der Waals surface area contributed by atoms with Gasteiger partial charge in [0.05, 0.1) is 6.04 Å². The summed E-state index contributed by atoms with van der Waals surface area (Å²) in [5.74, 6) is -0.812. The summed E-state index contributed by atoms with van der Waals surface area (Å²) in [6.45, 7) is 4.42. The smallest absolute Gasteiger partial charge is 0.318 e. The Kier molecular flexibility index (Phi) is 3.33. The average molecular weight is 200 g/mol. The predicted octanol–water partition coefficient (Wildman–Crippen LogP) is 0.653. The summed E-state index contributed by atoms with van der Waals surface area (Å²) < 4.78 is 0. The lowest BCUT2D eigenvalue weighted by Crippen LogP contribution is -2.39. The molecular formula is C9H16N2O3. The van der Waals surface area contributed by atoms with Crippen molar-refractivity contribution in [2.45, 2.75) is 38.8 Å². The van der Waals surface area contributed by atoms with E-state index in [0.717, 1.165) is 0 Å². The Morgan fingerprint density at radius 3 is 2.86 bits per heavy atom. The number of aliphatic carboxylic acids is 1. The number of amides is 2. The van der Waals surface area contributed by atoms with Gasteiger partial charge in [-0.25, -0.2) is 4.79 Å². The number of carbonyl (C=O) groups excluding carboxylic acids is 1. The van der Waals surface area contributed by atoms with Crippen molar-refractivity contribution in [3.63, 3.8) is 0 Å². The van der Waals surface area contributed by atoms with Crippen molar-refractivity contribution in [3.8, 4) is 0 Å². The Labute approximate surface area is 83.1 Å². The minimum Gasteiger partial charge on any atom is -0.481 e. The van der Waals surface area contributed by atoms with Crippen LogP contribution < -0.4 is 5.32 Å². The third-order valence-electron chi connectivity index (χ3n) is 2.36. The molecule has 0 aliphatic carbocycles. The van der Waals surface area contributed by atoms with E-state index in [2.05, 4.69) is 5.32 Å². The molecule has 0 bridgehead atoms. The van der Waals surface area contributed by atoms with Gasteiger partial charge >= 0.3 is 12.0 Å². The van der Waals surface area contributed by atoms with Crippen LogP contribution in [-0.4, -0.2) is 40.6 Å². The molecule has 14 heavy (non-hydrogen) atoms. The fourth-order valence-electron chi connectivity index (χ4n) is 1.75. The summed E-state index contributed by atoms with van der Waals surface area (Å²) in [7, 11) is 0. The van der Waals surface area contributed by atoms with Gasteiger partial charge in [0.25, 0.3) is 0 Å². The molecule has 1 rings (SSSR count). The molecule has 0 spiro atoms. The zero-order chi connectivity index (χ0) is 10.7. The first kappa shape index (κ1) is 10.8. The molecule has 0 aromatic heterocycles. The Balaban J connectivity index is 2.51. The molecule has 0 saturated carbocycles. The van der Waals surface area contributed by atoms with E-state index in [9.17, 15) is 9.59 Å². The van der Waals surface area contributed by atoms with Gasteiger partial charge in [-0.1, -0.05) is 0 Å². The maximum atomic E-state index is 11.3. The Hall–Kier alpha value is -1.26. The van der Waals surface area contributed by atoms with Crippen LogP contribution in [0.25, 0.3) is 0 Å². The van der Waals surface area contributed by atoms with E-state index in [-0.39, 0.29) is 24.5 Å². The number of carbonyl (C=O) groups is 2. The number of nitrogens with one attached hydrogen (secondary N) is 1. The maximum absolute atomic E-state index is 11.3. The molecule has 0 aromatic carbocycles. The Bertz CT molecular complexity index is 240. The van der Waals surface area contributed by atoms with E-state index in [4.69, 9.17) is 5.11 Å². The summed E-state index contributed by atoms with van der Waals surface area (Å²) in [6, 6.07) is 0.0604. The second-order valence-corrected chi connectivity index (χ2v) is 3.77. The topological polar surface area (TPSA) is 69.6 Å². The van der Waals surface area contributed by atoms with Gasteiger partial charge in [-0.3, -0.25) is 4.79 Å². The summed E-state index contributed by atoms with van der Waals surface area (Å²) in [5, 5.41) is 11.3. The van der Waals surface area contributed by atoms with Crippen molar-refractivity contribution in [2.24, 2.45) is 0 Å². The maximum Gasteiger partial charge on any atom is 0.318 e. The quantitative estimate of drug-likeness (QED) is 0.700. The van der Waals surface area contributed by atoms with Gasteiger partial charge in [0.1, 0.15) is 0 Å². The van der Waals surface area contributed by atoms with Gasteiger partial charge in [0, 0.05) is 19.0 Å². The number of hydrogen-bond acceptors (Lipinski definition) is 2. The Morgan fingerprint density at radius 2 is 2.36 bits per heavy atom. The number of urea groups is 1. The van der Waals surface area contributed by atoms with Crippen LogP contribution in [0.15, 0.2) is 0 Å². The van der Waals surface area contributed by atoms with Gasteiger partial charge in [0.2, 0.25) is 0 Å². The molecule has 1 aliphatic heterocycles. The average Bonchev–Trinajstić information content (AvgIpc) is 2.43. The van der Waals surface area contributed by atoms with Crippen molar-refractivity contribution in [1.29, 1.82) is 0 Å². The molecule has 1 aliphatic rings. The zero-order valence-electron chi connectivity index (χ0n) is 8.49. The molecule has 80 valence electrons. The molecule has 1 fully saturated rings. The third-order valence-corrected chi connectivity index (χ3v) is 2.36. The second kappa shape index (κ2) is 4.30. The van der Waals surface area contributed by atoms with Gasteiger partial charge in [-0.2, -0.15) is 0 Å². The fourth-order valence-corrected chi connectivity index (χ4v) is 1.75. The van der Waals surface area contributed by atoms with E-state index in [1.807, 2.05) is 13.8 Å². The third kappa shape index (κ3) is 2.37. The first-order valence-corrected chi connectivity index (χ1v) is 4.80. The number of rotatable bonds is 4. The van der Waals surface area contributed by atoms with Gasteiger partial charge in [-0.05, 0) is 20.3 Å². The predicted molar refractivity (Wildman–Crippen MR) is 51.0 cm³/mol. The summed E-state index contributed by atoms with van der Waals surface area (Å²) in [4.78, 5) is 23.4. The first-order chi connectivity index (χ1) is 6.52. The van der Waals surface area contributed by atoms with E-state index in [0.29, 0.717) is 13.0 Å². The minimum atomic E-state index is -0.812. The number of carboxylic acid groups (broad SMARTS) is 1. The highest BCUT2D eigenvalue weighted by Gasteiger charge is 2.32. The highest BCUT2D eigenvalue weighted by atomic mass is 16.4. The summed E-state index contributed by atoms with van der Waals surface area (Å²) in [5.41, 5.74) is 0. The van der Waals surface area contributed by atoms with Crippen molar-refractivity contribution >= 4 is 12.0 Å². The van der Waals surface area contributed by atoms with Crippen molar-refractivity contribution in [2.75, 3.05) is 6.54 Å². The second-order valence-electron chi connectivity index (χ2n) is 3.77. The number of nitrogens with zero attached hydrogens (tertiary/aromatic N) is 1. The normalized spacial score (nSPS) is 21.5. The van der Waals surface area contributed by atoms with Crippen molar-refractivity contribution in [1.82, 2.24) is 10.2 Å². The number of carboxylic acids is 1. The lowest BCUT2D eigenvalue weighted by Gasteiger charge is -2.26. The molecular weight excluding hydrogens is 184 g/mol. The Morgan fingerprint density at radius 1 is 1.71 bits per heavy atom. The van der Waals surface area contributed by atoms with Gasteiger partial charge < -0.3 is 15.3 Å². The first-order valence-electron chi connectivity index (χ1n) is 4.80. The van der Waals surface area contributed by atoms with Crippen LogP contribution in [0.2, 0.25) is 0 Å². The van der Waals surface area contributed by atoms with Crippen LogP contribution in [0.4, 0.5) is 4.79 Å². The molecule has 5 heteroatoms. The van der Waals surface area contributed by atoms with Crippen LogP contribution in [0.1, 0.15) is 26.7 Å². The van der Waals surface area contributed by atoms with Crippen LogP contribution in [0, 0.1) is 0 Å². The highest BCUT2D eigenvalue weighted by molar-refractivity contribution is 5.77. The highest BCUT2D eigenvalue weighted by Crippen LogP contribution is 2.15. The van der Waals surface area contributed by atoms with E-state index in [1.54, 1.807) is 4.90 Å². The van der Waals surface area contributed by atoms with Crippen LogP contribution in [0.5, 0.6) is 0 Å². The lowest BCUT2D eigenvalue weighted by molar-refractivity contribution is -0.137. The van der Waals surface area contributed by atoms with Crippen LogP contribution in [0.3, 0.4) is 0 Å². The van der Waals surface area contributed by atoms with Crippen LogP contribution in [-0.2, 0) is 4.79 Å². The van der Waals surface area contributed by atoms with E-state index < -0.39 is 5.97 Å². The molecule has 2 amide bonds. The lowest BCUT2D eigenvalue weighted by atomic mass is 10.1. The van der Waals surface area contributed by atoms with Crippen molar-refractivity contribution in [3.05, 3.63) is 0 Å². The summed E-state index contributed by atoms with van der Waals surface area (Å²) in [6.07, 6.45) is 0.634. The van der Waals surface area contributed by atoms with E-state index in [1.165, 1.54) is 0 Å². The molecule has 0 aromatic rings. The monoisotopic (exact) mass is 200 g/mol. The minimum absolute atomic E-state index is 0.0265. The molecule has 5 nitrogen and oxygen atoms in total. The molecule has 2 N–H and O–H groups in total. The summed E-state index contributed by atoms with van der Waals surface area (Å²) >= 11 is 0. The molecule has 1 atom stereocenters. The SMILES string of the molecule is CC(C)N1C(=O)NCC1CCC(=O)O. The standard InChI is InChI=1S/C9H16N2O3/c1-6(2)11-7(3-4-8(12)13)5-10-9(11)14/h6-7H,3-5H2,1-2H3,(H,10,14)(H,12,13). The number of hydrogen-bond donors (Lipinski definition) is 2. The molecule has 1 heterocycles. The molecule has 0 radical (unpaired) electrons. The van der Waals surface area contributed by atoms with Crippen LogP contribution >= 0.6 is 0 Å². The largest absolute Gasteiger partial charge is 0.481 e. The fraction of sp³-hybridized carbons (Fsp3) is 0.778. The van der Waals surface area contributed by atoms with Gasteiger partial charge in [-0.15, -0.1) is 0 Å². The zero-order valence-corrected chi connectivity index (χ0v) is 8.49. The molecule has 1 unspecified atom stereocenters. The van der Waals surface area contributed by atoms with Gasteiger partial charge in [0.15, 0.2) is 0 Å². The molecule has 1 saturated heterocycles.